The van der Waals surface area contributed by atoms with Crippen molar-refractivity contribution in [2.75, 3.05) is 7.11 Å². The van der Waals surface area contributed by atoms with Gasteiger partial charge in [-0.1, -0.05) is 80.0 Å². The Hall–Kier alpha value is -3.65. The maximum Gasteiger partial charge on any atom is 0.450 e. The van der Waals surface area contributed by atoms with Crippen molar-refractivity contribution in [3.05, 3.63) is 101 Å². The second kappa shape index (κ2) is 13.6. The average Bonchev–Trinajstić information content (AvgIpc) is 2.93. The van der Waals surface area contributed by atoms with Crippen LogP contribution in [0, 0.1) is 11.8 Å². The minimum absolute atomic E-state index is 0.270. The number of hydrogen-bond acceptors (Lipinski definition) is 4. The summed E-state index contributed by atoms with van der Waals surface area (Å²) in [6.45, 7) is 2.92. The van der Waals surface area contributed by atoms with Crippen LogP contribution < -0.4 is 10.1 Å². The molecule has 0 aliphatic carbocycles. The van der Waals surface area contributed by atoms with Crippen molar-refractivity contribution in [2.45, 2.75) is 44.8 Å². The minimum atomic E-state index is -5.07. The van der Waals surface area contributed by atoms with Crippen molar-refractivity contribution in [2.24, 2.45) is 11.8 Å². The van der Waals surface area contributed by atoms with Crippen LogP contribution in [0.4, 0.5) is 13.2 Å². The highest BCUT2D eigenvalue weighted by Crippen LogP contribution is 2.31. The maximum atomic E-state index is 13.8. The Balaban J connectivity index is 1.95. The summed E-state index contributed by atoms with van der Waals surface area (Å²) >= 11 is 6.02. The smallest absolute Gasteiger partial charge is 0.450 e. The first-order valence-electron chi connectivity index (χ1n) is 12.8. The molecular weight excluding hydrogens is 543 g/mol. The van der Waals surface area contributed by atoms with Gasteiger partial charge < -0.3 is 10.1 Å². The number of amides is 1. The lowest BCUT2D eigenvalue weighted by Gasteiger charge is -2.26. The van der Waals surface area contributed by atoms with Gasteiger partial charge in [0.25, 0.3) is 0 Å². The molecule has 0 fully saturated rings. The van der Waals surface area contributed by atoms with Crippen LogP contribution in [0.2, 0.25) is 5.02 Å². The van der Waals surface area contributed by atoms with E-state index in [-0.39, 0.29) is 6.42 Å². The molecule has 0 saturated carbocycles. The fourth-order valence-corrected chi connectivity index (χ4v) is 4.59. The van der Waals surface area contributed by atoms with E-state index in [1.165, 1.54) is 21.0 Å². The fourth-order valence-electron chi connectivity index (χ4n) is 4.47. The van der Waals surface area contributed by atoms with Crippen LogP contribution in [-0.4, -0.2) is 30.8 Å². The molecular formula is C31H31ClF3NO4. The summed E-state index contributed by atoms with van der Waals surface area (Å²) in [7, 11) is 1.52. The molecule has 0 aliphatic heterocycles. The number of benzene rings is 3. The quantitative estimate of drug-likeness (QED) is 0.256. The standard InChI is InChI=1S/C31H31ClF3NO4/c1-19(2)25(29(38)31(33,34)35)18-27(37)28(22-7-5-4-6-8-22)36-30(39)26(17-20-9-13-23(32)14-10-20)21-11-15-24(40-3)16-12-21/h4-16,19,25-26,28H,17-18H2,1-3H3,(H,36,39)/t25-,26+,28-/m0/s1. The Labute approximate surface area is 236 Å². The summed E-state index contributed by atoms with van der Waals surface area (Å²) in [5.41, 5.74) is 1.88. The molecule has 3 rings (SSSR count). The largest absolute Gasteiger partial charge is 0.497 e. The van der Waals surface area contributed by atoms with Gasteiger partial charge in [0.05, 0.1) is 13.0 Å². The van der Waals surface area contributed by atoms with Gasteiger partial charge in [-0.2, -0.15) is 13.2 Å². The third-order valence-electron chi connectivity index (χ3n) is 6.77. The number of alkyl halides is 3. The SMILES string of the molecule is COc1ccc([C@@H](Cc2ccc(Cl)cc2)C(=O)N[C@H](C(=O)C[C@H](C(=O)C(F)(F)F)C(C)C)c2ccccc2)cc1. The second-order valence-electron chi connectivity index (χ2n) is 9.89. The lowest BCUT2D eigenvalue weighted by atomic mass is 9.84. The van der Waals surface area contributed by atoms with Crippen LogP contribution in [-0.2, 0) is 20.8 Å². The second-order valence-corrected chi connectivity index (χ2v) is 10.3. The number of hydrogen-bond donors (Lipinski definition) is 1. The summed E-state index contributed by atoms with van der Waals surface area (Å²) in [6.07, 6.45) is -5.47. The number of rotatable bonds is 12. The highest BCUT2D eigenvalue weighted by Gasteiger charge is 2.45. The van der Waals surface area contributed by atoms with Crippen LogP contribution in [0.25, 0.3) is 0 Å². The molecule has 1 N–H and O–H groups in total. The van der Waals surface area contributed by atoms with E-state index in [0.717, 1.165) is 5.56 Å². The zero-order valence-electron chi connectivity index (χ0n) is 22.4. The van der Waals surface area contributed by atoms with Crippen molar-refractivity contribution in [1.82, 2.24) is 5.32 Å². The molecule has 9 heteroatoms. The number of carbonyl (C=O) groups excluding carboxylic acids is 3. The summed E-state index contributed by atoms with van der Waals surface area (Å²) in [4.78, 5) is 39.4. The summed E-state index contributed by atoms with van der Waals surface area (Å²) in [5.74, 6) is -5.58. The number of ketones is 2. The first kappa shape index (κ1) is 30.9. The van der Waals surface area contributed by atoms with Crippen LogP contribution in [0.5, 0.6) is 5.75 Å². The molecule has 40 heavy (non-hydrogen) atoms. The van der Waals surface area contributed by atoms with Crippen molar-refractivity contribution < 1.29 is 32.3 Å². The van der Waals surface area contributed by atoms with Crippen LogP contribution in [0.3, 0.4) is 0 Å². The Kier molecular flexibility index (Phi) is 10.5. The van der Waals surface area contributed by atoms with Gasteiger partial charge in [0.1, 0.15) is 11.8 Å². The normalized spacial score (nSPS) is 13.8. The minimum Gasteiger partial charge on any atom is -0.497 e. The van der Waals surface area contributed by atoms with E-state index in [1.54, 1.807) is 78.9 Å². The number of ether oxygens (including phenoxy) is 1. The van der Waals surface area contributed by atoms with E-state index >= 15 is 0 Å². The zero-order chi connectivity index (χ0) is 29.4. The van der Waals surface area contributed by atoms with Gasteiger partial charge in [0, 0.05) is 17.4 Å². The van der Waals surface area contributed by atoms with E-state index in [2.05, 4.69) is 5.32 Å². The monoisotopic (exact) mass is 573 g/mol. The molecule has 0 radical (unpaired) electrons. The van der Waals surface area contributed by atoms with Gasteiger partial charge >= 0.3 is 6.18 Å². The summed E-state index contributed by atoms with van der Waals surface area (Å²) in [5, 5.41) is 3.31. The molecule has 0 aromatic heterocycles. The van der Waals surface area contributed by atoms with Gasteiger partial charge in [0.15, 0.2) is 5.78 Å². The lowest BCUT2D eigenvalue weighted by Crippen LogP contribution is -2.40. The molecule has 212 valence electrons. The first-order valence-corrected chi connectivity index (χ1v) is 13.2. The number of methoxy groups -OCH3 is 1. The number of halogens is 4. The van der Waals surface area contributed by atoms with Gasteiger partial charge in [-0.3, -0.25) is 14.4 Å². The molecule has 0 bridgehead atoms. The highest BCUT2D eigenvalue weighted by atomic mass is 35.5. The topological polar surface area (TPSA) is 72.5 Å². The van der Waals surface area contributed by atoms with Crippen LogP contribution in [0.1, 0.15) is 48.9 Å². The molecule has 0 saturated heterocycles. The third-order valence-corrected chi connectivity index (χ3v) is 7.02. The van der Waals surface area contributed by atoms with E-state index in [1.807, 2.05) is 0 Å². The van der Waals surface area contributed by atoms with E-state index in [4.69, 9.17) is 16.3 Å². The molecule has 0 unspecified atom stereocenters. The van der Waals surface area contributed by atoms with Gasteiger partial charge in [-0.25, -0.2) is 0 Å². The Morgan fingerprint density at radius 1 is 0.875 bits per heavy atom. The number of Topliss-reactive ketones (excluding diaryl/α,β-unsaturated/α-hetero) is 2. The van der Waals surface area contributed by atoms with Gasteiger partial charge in [-0.15, -0.1) is 0 Å². The van der Waals surface area contributed by atoms with Crippen molar-refractivity contribution in [3.8, 4) is 5.75 Å². The number of nitrogens with one attached hydrogen (secondary N) is 1. The molecule has 0 aliphatic rings. The number of carbonyl (C=O) groups is 3. The molecule has 3 aromatic rings. The molecule has 1 amide bonds. The summed E-state index contributed by atoms with van der Waals surface area (Å²) in [6, 6.07) is 20.9. The molecule has 3 atom stereocenters. The fraction of sp³-hybridized carbons (Fsp3) is 0.323. The van der Waals surface area contributed by atoms with Crippen molar-refractivity contribution in [1.29, 1.82) is 0 Å². The van der Waals surface area contributed by atoms with Gasteiger partial charge in [-0.05, 0) is 53.3 Å². The van der Waals surface area contributed by atoms with Crippen LogP contribution >= 0.6 is 11.6 Å². The third kappa shape index (κ3) is 8.18. The zero-order valence-corrected chi connectivity index (χ0v) is 23.1. The van der Waals surface area contributed by atoms with Crippen molar-refractivity contribution >= 4 is 29.1 Å². The highest BCUT2D eigenvalue weighted by molar-refractivity contribution is 6.30. The van der Waals surface area contributed by atoms with Crippen LogP contribution in [0.15, 0.2) is 78.9 Å². The average molecular weight is 574 g/mol. The van der Waals surface area contributed by atoms with E-state index < -0.39 is 53.9 Å². The summed E-state index contributed by atoms with van der Waals surface area (Å²) < 4.78 is 45.1. The molecule has 0 spiro atoms. The molecule has 5 nitrogen and oxygen atoms in total. The first-order chi connectivity index (χ1) is 18.9. The predicted molar refractivity (Wildman–Crippen MR) is 147 cm³/mol. The molecule has 3 aromatic carbocycles. The van der Waals surface area contributed by atoms with E-state index in [0.29, 0.717) is 21.9 Å². The predicted octanol–water partition coefficient (Wildman–Crippen LogP) is 6.90. The lowest BCUT2D eigenvalue weighted by molar-refractivity contribution is -0.177. The Morgan fingerprint density at radius 3 is 2.00 bits per heavy atom. The van der Waals surface area contributed by atoms with Gasteiger partial charge in [0.2, 0.25) is 11.7 Å². The Bertz CT molecular complexity index is 1290. The Morgan fingerprint density at radius 2 is 1.48 bits per heavy atom. The van der Waals surface area contributed by atoms with Crippen molar-refractivity contribution in [3.63, 3.8) is 0 Å². The molecule has 0 heterocycles. The maximum absolute atomic E-state index is 13.8. The van der Waals surface area contributed by atoms with E-state index in [9.17, 15) is 27.6 Å².